The van der Waals surface area contributed by atoms with Gasteiger partial charge >= 0.3 is 0 Å². The molecule has 1 aliphatic rings. The topological polar surface area (TPSA) is 38.7 Å². The average molecular weight is 263 g/mol. The second-order valence-corrected chi connectivity index (χ2v) is 5.35. The summed E-state index contributed by atoms with van der Waals surface area (Å²) in [6, 6.07) is 8.22. The van der Waals surface area contributed by atoms with Gasteiger partial charge in [-0.2, -0.15) is 0 Å². The Hall–Kier alpha value is -0.940. The molecule has 1 unspecified atom stereocenters. The van der Waals surface area contributed by atoms with Gasteiger partial charge in [-0.1, -0.05) is 24.3 Å². The Labute approximate surface area is 116 Å². The molecule has 1 aliphatic heterocycles. The lowest BCUT2D eigenvalue weighted by atomic mass is 10.0. The summed E-state index contributed by atoms with van der Waals surface area (Å²) in [7, 11) is 4.04. The van der Waals surface area contributed by atoms with Crippen molar-refractivity contribution in [2.75, 3.05) is 46.8 Å². The van der Waals surface area contributed by atoms with Crippen molar-refractivity contribution in [3.63, 3.8) is 0 Å². The molecular weight excluding hydrogens is 238 g/mol. The molecular formula is C15H25N3O. The summed E-state index contributed by atoms with van der Waals surface area (Å²) in [6.45, 7) is 5.99. The maximum Gasteiger partial charge on any atom is 0.0917 e. The number of piperazine rings is 1. The Morgan fingerprint density at radius 1 is 1.21 bits per heavy atom. The number of rotatable bonds is 5. The first-order valence-electron chi connectivity index (χ1n) is 7.02. The minimum absolute atomic E-state index is 0.423. The molecule has 1 atom stereocenters. The molecule has 1 saturated heterocycles. The third-order valence-electron chi connectivity index (χ3n) is 3.80. The van der Waals surface area contributed by atoms with Gasteiger partial charge in [-0.05, 0) is 25.2 Å². The summed E-state index contributed by atoms with van der Waals surface area (Å²) in [4.78, 5) is 4.82. The second-order valence-electron chi connectivity index (χ2n) is 5.35. The molecule has 19 heavy (non-hydrogen) atoms. The van der Waals surface area contributed by atoms with Crippen LogP contribution >= 0.6 is 0 Å². The number of hydrogen-bond acceptors (Lipinski definition) is 4. The van der Waals surface area contributed by atoms with Gasteiger partial charge in [0, 0.05) is 39.3 Å². The molecule has 0 aliphatic carbocycles. The van der Waals surface area contributed by atoms with Crippen LogP contribution in [-0.2, 0) is 6.54 Å². The number of hydrogen-bond donors (Lipinski definition) is 2. The molecule has 0 saturated carbocycles. The Balaban J connectivity index is 2.03. The quantitative estimate of drug-likeness (QED) is 0.820. The molecule has 106 valence electrons. The minimum atomic E-state index is -0.423. The van der Waals surface area contributed by atoms with Crippen LogP contribution in [0.3, 0.4) is 0 Å². The highest BCUT2D eigenvalue weighted by Crippen LogP contribution is 2.19. The molecule has 4 nitrogen and oxygen atoms in total. The summed E-state index contributed by atoms with van der Waals surface area (Å²) in [6.07, 6.45) is -0.423. The van der Waals surface area contributed by atoms with Crippen LogP contribution in [0.4, 0.5) is 0 Å². The number of nitrogens with zero attached hydrogens (tertiary/aromatic N) is 2. The Morgan fingerprint density at radius 3 is 2.58 bits per heavy atom. The van der Waals surface area contributed by atoms with Gasteiger partial charge in [0.15, 0.2) is 0 Å². The SMILES string of the molecule is CNCC(O)c1ccccc1CN1CCN(C)CC1. The average Bonchev–Trinajstić information content (AvgIpc) is 2.42. The fourth-order valence-corrected chi connectivity index (χ4v) is 2.55. The van der Waals surface area contributed by atoms with Crippen LogP contribution in [0.5, 0.6) is 0 Å². The van der Waals surface area contributed by atoms with Gasteiger partial charge in [0.25, 0.3) is 0 Å². The van der Waals surface area contributed by atoms with E-state index in [9.17, 15) is 5.11 Å². The van der Waals surface area contributed by atoms with E-state index in [1.54, 1.807) is 0 Å². The number of likely N-dealkylation sites (N-methyl/N-ethyl adjacent to an activating group) is 2. The van der Waals surface area contributed by atoms with Crippen LogP contribution < -0.4 is 5.32 Å². The number of aliphatic hydroxyl groups excluding tert-OH is 1. The van der Waals surface area contributed by atoms with Crippen molar-refractivity contribution in [2.24, 2.45) is 0 Å². The Morgan fingerprint density at radius 2 is 1.89 bits per heavy atom. The third-order valence-corrected chi connectivity index (χ3v) is 3.80. The van der Waals surface area contributed by atoms with E-state index < -0.39 is 6.10 Å². The summed E-state index contributed by atoms with van der Waals surface area (Å²) >= 11 is 0. The summed E-state index contributed by atoms with van der Waals surface area (Å²) < 4.78 is 0. The molecule has 2 rings (SSSR count). The van der Waals surface area contributed by atoms with Gasteiger partial charge in [0.1, 0.15) is 0 Å². The van der Waals surface area contributed by atoms with E-state index in [4.69, 9.17) is 0 Å². The van der Waals surface area contributed by atoms with Crippen molar-refractivity contribution in [1.29, 1.82) is 0 Å². The molecule has 0 aromatic heterocycles. The van der Waals surface area contributed by atoms with Gasteiger partial charge in [0.2, 0.25) is 0 Å². The number of aliphatic hydroxyl groups is 1. The highest BCUT2D eigenvalue weighted by atomic mass is 16.3. The first-order chi connectivity index (χ1) is 9.20. The highest BCUT2D eigenvalue weighted by Gasteiger charge is 2.17. The first kappa shape index (κ1) is 14.5. The summed E-state index contributed by atoms with van der Waals surface area (Å²) in [5.74, 6) is 0. The molecule has 1 fully saturated rings. The molecule has 0 spiro atoms. The van der Waals surface area contributed by atoms with Crippen LogP contribution in [0.2, 0.25) is 0 Å². The smallest absolute Gasteiger partial charge is 0.0917 e. The predicted octanol–water partition coefficient (Wildman–Crippen LogP) is 0.687. The summed E-state index contributed by atoms with van der Waals surface area (Å²) in [5.41, 5.74) is 2.30. The van der Waals surface area contributed by atoms with Crippen molar-refractivity contribution in [2.45, 2.75) is 12.6 Å². The normalized spacial score (nSPS) is 19.5. The maximum absolute atomic E-state index is 10.2. The lowest BCUT2D eigenvalue weighted by Crippen LogP contribution is -2.44. The van der Waals surface area contributed by atoms with Crippen LogP contribution in [0.25, 0.3) is 0 Å². The van der Waals surface area contributed by atoms with Crippen molar-refractivity contribution in [3.8, 4) is 0 Å². The Bertz CT molecular complexity index is 389. The van der Waals surface area contributed by atoms with E-state index in [2.05, 4.69) is 34.3 Å². The molecule has 1 aromatic carbocycles. The zero-order chi connectivity index (χ0) is 13.7. The van der Waals surface area contributed by atoms with Crippen molar-refractivity contribution in [1.82, 2.24) is 15.1 Å². The lowest BCUT2D eigenvalue weighted by molar-refractivity contribution is 0.143. The maximum atomic E-state index is 10.2. The van der Waals surface area contributed by atoms with Crippen LogP contribution in [-0.4, -0.2) is 61.7 Å². The van der Waals surface area contributed by atoms with E-state index in [0.29, 0.717) is 6.54 Å². The zero-order valence-corrected chi connectivity index (χ0v) is 12.0. The van der Waals surface area contributed by atoms with Crippen molar-refractivity contribution < 1.29 is 5.11 Å². The molecule has 4 heteroatoms. The van der Waals surface area contributed by atoms with Crippen LogP contribution in [0, 0.1) is 0 Å². The van der Waals surface area contributed by atoms with Gasteiger partial charge in [-0.15, -0.1) is 0 Å². The van der Waals surface area contributed by atoms with Gasteiger partial charge < -0.3 is 15.3 Å². The second kappa shape index (κ2) is 7.01. The monoisotopic (exact) mass is 263 g/mol. The Kier molecular flexibility index (Phi) is 5.34. The molecule has 1 heterocycles. The molecule has 0 amide bonds. The fraction of sp³-hybridized carbons (Fsp3) is 0.600. The van der Waals surface area contributed by atoms with E-state index in [1.807, 2.05) is 19.2 Å². The largest absolute Gasteiger partial charge is 0.387 e. The highest BCUT2D eigenvalue weighted by molar-refractivity contribution is 5.29. The third kappa shape index (κ3) is 4.01. The minimum Gasteiger partial charge on any atom is -0.387 e. The van der Waals surface area contributed by atoms with Gasteiger partial charge in [-0.3, -0.25) is 4.90 Å². The molecule has 2 N–H and O–H groups in total. The van der Waals surface area contributed by atoms with Crippen LogP contribution in [0.1, 0.15) is 17.2 Å². The van der Waals surface area contributed by atoms with E-state index in [-0.39, 0.29) is 0 Å². The van der Waals surface area contributed by atoms with E-state index in [1.165, 1.54) is 5.56 Å². The van der Waals surface area contributed by atoms with E-state index in [0.717, 1.165) is 38.3 Å². The standard InChI is InChI=1S/C15H25N3O/c1-16-11-15(19)14-6-4-3-5-13(14)12-18-9-7-17(2)8-10-18/h3-6,15-16,19H,7-12H2,1-2H3. The van der Waals surface area contributed by atoms with Gasteiger partial charge in [-0.25, -0.2) is 0 Å². The zero-order valence-electron chi connectivity index (χ0n) is 12.0. The molecule has 0 bridgehead atoms. The van der Waals surface area contributed by atoms with Crippen molar-refractivity contribution in [3.05, 3.63) is 35.4 Å². The fourth-order valence-electron chi connectivity index (χ4n) is 2.55. The number of benzene rings is 1. The van der Waals surface area contributed by atoms with E-state index >= 15 is 0 Å². The molecule has 1 aromatic rings. The number of nitrogens with one attached hydrogen (secondary N) is 1. The first-order valence-corrected chi connectivity index (χ1v) is 7.02. The van der Waals surface area contributed by atoms with Gasteiger partial charge in [0.05, 0.1) is 6.10 Å². The van der Waals surface area contributed by atoms with Crippen molar-refractivity contribution >= 4 is 0 Å². The lowest BCUT2D eigenvalue weighted by Gasteiger charge is -2.33. The van der Waals surface area contributed by atoms with Crippen LogP contribution in [0.15, 0.2) is 24.3 Å². The molecule has 0 radical (unpaired) electrons. The summed E-state index contributed by atoms with van der Waals surface area (Å²) in [5, 5.41) is 13.2. The predicted molar refractivity (Wildman–Crippen MR) is 78.1 cm³/mol.